The van der Waals surface area contributed by atoms with E-state index < -0.39 is 0 Å². The Morgan fingerprint density at radius 1 is 0.397 bits per heavy atom. The third-order valence-electron chi connectivity index (χ3n) is 16.0. The van der Waals surface area contributed by atoms with Crippen LogP contribution in [-0.2, 0) is 0 Å². The van der Waals surface area contributed by atoms with Gasteiger partial charge in [-0.2, -0.15) is 0 Å². The Balaban J connectivity index is -0.000000402. The lowest BCUT2D eigenvalue weighted by Crippen LogP contribution is -2.29. The molecule has 1 unspecified atom stereocenters. The van der Waals surface area contributed by atoms with Gasteiger partial charge in [-0.25, -0.2) is 0 Å². The smallest absolute Gasteiger partial charge is 0.0736 e. The van der Waals surface area contributed by atoms with Crippen LogP contribution in [0.1, 0.15) is 333 Å². The Bertz CT molecular complexity index is 1270. The van der Waals surface area contributed by atoms with E-state index in [0.717, 1.165) is 11.8 Å². The standard InChI is InChI=1S/3C17H35.C17H34/c2*1-10-15(4,5)12-17(8,9)13-16(6,7)11-14(2)3;2*1-10-16(6,7)12-17(8,9)11-14(4)15(5)13(2)3/h10-13H2,1-9H3;11,14H,10,12-13H2,1-9H3;13,15H,10-12H2,1-9H3;13H,10-12H2,1-9H3/q3*+1;/b;;;15-14+. The minimum absolute atomic E-state index is 0.349. The summed E-state index contributed by atoms with van der Waals surface area (Å²) in [4.78, 5) is 0. The molecule has 1 atom stereocenters. The van der Waals surface area contributed by atoms with Crippen molar-refractivity contribution in [3.8, 4) is 0 Å². The molecule has 0 amide bonds. The predicted molar refractivity (Wildman–Crippen MR) is 320 cm³/mol. The van der Waals surface area contributed by atoms with Crippen LogP contribution in [0.25, 0.3) is 0 Å². The predicted octanol–water partition coefficient (Wildman–Crippen LogP) is 24.7. The molecule has 0 radical (unpaired) electrons. The lowest BCUT2D eigenvalue weighted by Gasteiger charge is -2.39. The van der Waals surface area contributed by atoms with Crippen molar-refractivity contribution in [2.75, 3.05) is 0 Å². The molecule has 0 rings (SSSR count). The molecule has 0 aromatic carbocycles. The SMILES string of the molecule is CCC(C)(C)CC(C)(C)C/C(C)=C(\C)C(C)C.CCC(C)(C)CC(C)(C)CC(C)(C)C[C+](C)C.CCC(C)(C)CC(C)(C)CC(C)(C)[CH+]C(C)C.CCC(C)(C)CC(C)(C)C[C+](C)C(C)C(C)C. The largest absolute Gasteiger partial charge is 0.103 e. The van der Waals surface area contributed by atoms with Gasteiger partial charge in [0.1, 0.15) is 5.41 Å². The van der Waals surface area contributed by atoms with E-state index in [1.165, 1.54) is 83.5 Å². The third kappa shape index (κ3) is 39.0. The highest BCUT2D eigenvalue weighted by atomic mass is 14.4. The zero-order chi connectivity index (χ0) is 55.5. The van der Waals surface area contributed by atoms with Crippen LogP contribution in [0.3, 0.4) is 0 Å². The topological polar surface area (TPSA) is 0 Å². The lowest BCUT2D eigenvalue weighted by molar-refractivity contribution is 0.119. The quantitative estimate of drug-likeness (QED) is 0.0569. The first-order valence-corrected chi connectivity index (χ1v) is 28.9. The second-order valence-electron chi connectivity index (χ2n) is 32.6. The summed E-state index contributed by atoms with van der Waals surface area (Å²) in [7, 11) is 0. The maximum absolute atomic E-state index is 2.51. The van der Waals surface area contributed by atoms with Gasteiger partial charge in [-0.1, -0.05) is 217 Å². The van der Waals surface area contributed by atoms with E-state index in [9.17, 15) is 0 Å². The summed E-state index contributed by atoms with van der Waals surface area (Å²) in [5.41, 5.74) is 7.57. The molecule has 0 heterocycles. The average molecular weight is 957 g/mol. The summed E-state index contributed by atoms with van der Waals surface area (Å²) < 4.78 is 0. The van der Waals surface area contributed by atoms with E-state index in [4.69, 9.17) is 0 Å². The van der Waals surface area contributed by atoms with Gasteiger partial charge in [0, 0.05) is 10.8 Å². The van der Waals surface area contributed by atoms with E-state index in [1.54, 1.807) is 23.0 Å². The molecule has 0 saturated heterocycles. The van der Waals surface area contributed by atoms with Crippen LogP contribution in [0.15, 0.2) is 11.1 Å². The van der Waals surface area contributed by atoms with Crippen LogP contribution in [0.5, 0.6) is 0 Å². The monoisotopic (exact) mass is 956 g/mol. The fraction of sp³-hybridized carbons (Fsp3) is 0.926. The molecular weight excluding hydrogens is 817 g/mol. The molecule has 0 aliphatic heterocycles. The molecule has 68 heavy (non-hydrogen) atoms. The molecule has 0 spiro atoms. The molecule has 0 aliphatic rings. The highest BCUT2D eigenvalue weighted by molar-refractivity contribution is 5.13. The first-order chi connectivity index (χ1) is 29.8. The minimum atomic E-state index is 0.349. The average Bonchev–Trinajstić information content (AvgIpc) is 3.07. The zero-order valence-electron chi connectivity index (χ0n) is 55.1. The Kier molecular flexibility index (Phi) is 32.5. The van der Waals surface area contributed by atoms with Gasteiger partial charge in [0.25, 0.3) is 0 Å². The summed E-state index contributed by atoms with van der Waals surface area (Å²) in [6, 6.07) is 0. The molecule has 0 N–H and O–H groups in total. The number of allylic oxidation sites excluding steroid dienone is 2. The van der Waals surface area contributed by atoms with Crippen molar-refractivity contribution in [3.63, 3.8) is 0 Å². The number of hydrogen-bond donors (Lipinski definition) is 0. The van der Waals surface area contributed by atoms with Gasteiger partial charge in [-0.15, -0.1) is 0 Å². The molecule has 0 aliphatic carbocycles. The van der Waals surface area contributed by atoms with Crippen LogP contribution in [0.2, 0.25) is 0 Å². The second kappa shape index (κ2) is 29.9. The Hall–Kier alpha value is -0.650. The van der Waals surface area contributed by atoms with Crippen LogP contribution in [0.4, 0.5) is 0 Å². The van der Waals surface area contributed by atoms with E-state index in [1.807, 2.05) is 0 Å². The second-order valence-corrected chi connectivity index (χ2v) is 32.6. The Morgan fingerprint density at radius 3 is 0.985 bits per heavy atom. The van der Waals surface area contributed by atoms with Gasteiger partial charge >= 0.3 is 0 Å². The summed E-state index contributed by atoms with van der Waals surface area (Å²) in [6.07, 6.45) is 19.2. The molecule has 0 saturated carbocycles. The fourth-order valence-electron chi connectivity index (χ4n) is 13.3. The van der Waals surface area contributed by atoms with Crippen molar-refractivity contribution in [1.29, 1.82) is 0 Å². The lowest BCUT2D eigenvalue weighted by atomic mass is 9.65. The van der Waals surface area contributed by atoms with E-state index in [-0.39, 0.29) is 0 Å². The summed E-state index contributed by atoms with van der Waals surface area (Å²) in [5.74, 6) is 6.12. The van der Waals surface area contributed by atoms with E-state index in [2.05, 4.69) is 256 Å². The van der Waals surface area contributed by atoms with E-state index >= 15 is 0 Å². The Labute approximate surface area is 438 Å². The van der Waals surface area contributed by atoms with Crippen LogP contribution in [0, 0.1) is 96.1 Å². The minimum Gasteiger partial charge on any atom is -0.0736 e. The summed E-state index contributed by atoms with van der Waals surface area (Å²) in [5, 5.41) is 0. The number of hydrogen-bond acceptors (Lipinski definition) is 0. The first kappa shape index (κ1) is 73.9. The highest BCUT2D eigenvalue weighted by Gasteiger charge is 2.40. The molecular formula is C68H139+3. The van der Waals surface area contributed by atoms with Gasteiger partial charge < -0.3 is 0 Å². The maximum atomic E-state index is 2.51. The van der Waals surface area contributed by atoms with Crippen LogP contribution < -0.4 is 0 Å². The van der Waals surface area contributed by atoms with Crippen molar-refractivity contribution in [1.82, 2.24) is 0 Å². The fourth-order valence-corrected chi connectivity index (χ4v) is 13.3. The normalized spacial score (nSPS) is 14.6. The molecule has 0 heteroatoms. The van der Waals surface area contributed by atoms with Crippen LogP contribution >= 0.6 is 0 Å². The molecule has 0 aromatic heterocycles. The van der Waals surface area contributed by atoms with Gasteiger partial charge in [0.2, 0.25) is 0 Å². The van der Waals surface area contributed by atoms with Gasteiger partial charge in [0.15, 0.2) is 0 Å². The molecule has 408 valence electrons. The summed E-state index contributed by atoms with van der Waals surface area (Å²) >= 11 is 0. The van der Waals surface area contributed by atoms with E-state index in [0.29, 0.717) is 66.0 Å². The molecule has 0 nitrogen and oxygen atoms in total. The first-order valence-electron chi connectivity index (χ1n) is 28.9. The van der Waals surface area contributed by atoms with Gasteiger partial charge in [0.05, 0.1) is 63.7 Å². The third-order valence-corrected chi connectivity index (χ3v) is 16.0. The molecule has 0 aromatic rings. The van der Waals surface area contributed by atoms with Gasteiger partial charge in [-0.3, -0.25) is 0 Å². The molecule has 0 fully saturated rings. The molecule has 0 bridgehead atoms. The maximum Gasteiger partial charge on any atom is 0.103 e. The van der Waals surface area contributed by atoms with Crippen molar-refractivity contribution in [2.45, 2.75) is 333 Å². The zero-order valence-corrected chi connectivity index (χ0v) is 55.1. The van der Waals surface area contributed by atoms with Gasteiger partial charge in [-0.05, 0) is 143 Å². The highest BCUT2D eigenvalue weighted by Crippen LogP contribution is 2.47. The Morgan fingerprint density at radius 2 is 0.691 bits per heavy atom. The van der Waals surface area contributed by atoms with Crippen molar-refractivity contribution < 1.29 is 0 Å². The van der Waals surface area contributed by atoms with Crippen molar-refractivity contribution in [2.24, 2.45) is 77.8 Å². The van der Waals surface area contributed by atoms with Crippen molar-refractivity contribution >= 4 is 0 Å². The van der Waals surface area contributed by atoms with Crippen molar-refractivity contribution in [3.05, 3.63) is 29.4 Å². The van der Waals surface area contributed by atoms with Crippen LogP contribution in [-0.4, -0.2) is 0 Å². The number of rotatable bonds is 27. The summed E-state index contributed by atoms with van der Waals surface area (Å²) in [6.45, 7) is 85.1.